The monoisotopic (exact) mass is 331 g/mol. The number of anilines is 1. The van der Waals surface area contributed by atoms with Crippen molar-refractivity contribution < 1.29 is 9.18 Å². The molecule has 1 saturated heterocycles. The third-order valence-corrected chi connectivity index (χ3v) is 4.78. The Labute approximate surface area is 138 Å². The van der Waals surface area contributed by atoms with Gasteiger partial charge in [0.25, 0.3) is 0 Å². The minimum absolute atomic E-state index is 0.00805. The zero-order valence-electron chi connectivity index (χ0n) is 12.6. The molecule has 6 heteroatoms. The third-order valence-electron chi connectivity index (χ3n) is 4.49. The topological polar surface area (TPSA) is 57.0 Å². The lowest BCUT2D eigenvalue weighted by atomic mass is 9.87. The fourth-order valence-electron chi connectivity index (χ4n) is 3.18. The van der Waals surface area contributed by atoms with Crippen molar-refractivity contribution in [3.8, 4) is 6.07 Å². The van der Waals surface area contributed by atoms with Gasteiger partial charge in [-0.1, -0.05) is 18.5 Å². The maximum atomic E-state index is 14.2. The van der Waals surface area contributed by atoms with Crippen LogP contribution in [0.15, 0.2) is 18.3 Å². The Morgan fingerprint density at radius 3 is 2.96 bits per heavy atom. The number of nitriles is 1. The van der Waals surface area contributed by atoms with Gasteiger partial charge in [0.05, 0.1) is 16.3 Å². The highest BCUT2D eigenvalue weighted by molar-refractivity contribution is 6.31. The fraction of sp³-hybridized carbons (Fsp3) is 0.353. The van der Waals surface area contributed by atoms with Crippen LogP contribution in [0.2, 0.25) is 5.02 Å². The van der Waals surface area contributed by atoms with Crippen LogP contribution in [0.5, 0.6) is 0 Å². The average molecular weight is 332 g/mol. The lowest BCUT2D eigenvalue weighted by molar-refractivity contribution is -0.112. The van der Waals surface area contributed by atoms with Crippen molar-refractivity contribution in [2.75, 3.05) is 18.0 Å². The summed E-state index contributed by atoms with van der Waals surface area (Å²) < 4.78 is 14.2. The maximum absolute atomic E-state index is 14.2. The number of halogens is 2. The van der Waals surface area contributed by atoms with E-state index in [-0.39, 0.29) is 22.4 Å². The SMILES string of the molecule is CC1CN(c2c(C#N)cnc3c(F)c(Cl)ccc23)CCC1C=O. The number of carbonyl (C=O) groups excluding carboxylic acids is 1. The zero-order valence-corrected chi connectivity index (χ0v) is 13.3. The summed E-state index contributed by atoms with van der Waals surface area (Å²) in [6.07, 6.45) is 3.10. The Morgan fingerprint density at radius 2 is 2.30 bits per heavy atom. The van der Waals surface area contributed by atoms with Crippen LogP contribution < -0.4 is 4.90 Å². The molecule has 23 heavy (non-hydrogen) atoms. The lowest BCUT2D eigenvalue weighted by Crippen LogP contribution is -2.40. The summed E-state index contributed by atoms with van der Waals surface area (Å²) in [4.78, 5) is 17.2. The molecule has 0 amide bonds. The largest absolute Gasteiger partial charge is 0.370 e. The Bertz CT molecular complexity index is 818. The van der Waals surface area contributed by atoms with Crippen molar-refractivity contribution in [2.24, 2.45) is 11.8 Å². The average Bonchev–Trinajstić information content (AvgIpc) is 2.57. The second kappa shape index (κ2) is 6.13. The van der Waals surface area contributed by atoms with Crippen LogP contribution in [-0.2, 0) is 4.79 Å². The van der Waals surface area contributed by atoms with Gasteiger partial charge >= 0.3 is 0 Å². The highest BCUT2D eigenvalue weighted by Gasteiger charge is 2.28. The minimum atomic E-state index is -0.578. The molecule has 2 unspecified atom stereocenters. The predicted octanol–water partition coefficient (Wildman–Crippen LogP) is 3.56. The summed E-state index contributed by atoms with van der Waals surface area (Å²) in [5.41, 5.74) is 1.23. The van der Waals surface area contributed by atoms with E-state index in [0.29, 0.717) is 29.7 Å². The first-order valence-corrected chi connectivity index (χ1v) is 7.81. The first-order chi connectivity index (χ1) is 11.1. The highest BCUT2D eigenvalue weighted by atomic mass is 35.5. The molecule has 1 aliphatic rings. The second-order valence-electron chi connectivity index (χ2n) is 5.90. The standard InChI is InChI=1S/C17H15ClFN3O/c1-10-8-22(5-4-11(10)9-23)17-12(6-20)7-21-16-13(17)2-3-14(18)15(16)19/h2-3,7,9-11H,4-5,8H2,1H3. The fourth-order valence-corrected chi connectivity index (χ4v) is 3.34. The van der Waals surface area contributed by atoms with Gasteiger partial charge in [0.15, 0.2) is 5.82 Å². The Kier molecular flexibility index (Phi) is 4.18. The molecule has 1 aliphatic heterocycles. The summed E-state index contributed by atoms with van der Waals surface area (Å²) in [5, 5.41) is 9.98. The minimum Gasteiger partial charge on any atom is -0.370 e. The number of nitrogens with zero attached hydrogens (tertiary/aromatic N) is 3. The molecule has 0 saturated carbocycles. The van der Waals surface area contributed by atoms with Crippen molar-refractivity contribution in [2.45, 2.75) is 13.3 Å². The molecule has 118 valence electrons. The van der Waals surface area contributed by atoms with Crippen LogP contribution in [0.4, 0.5) is 10.1 Å². The molecule has 1 fully saturated rings. The molecule has 0 bridgehead atoms. The third kappa shape index (κ3) is 2.64. The van der Waals surface area contributed by atoms with Crippen molar-refractivity contribution in [1.82, 2.24) is 4.98 Å². The summed E-state index contributed by atoms with van der Waals surface area (Å²) in [7, 11) is 0. The number of carbonyl (C=O) groups is 1. The van der Waals surface area contributed by atoms with E-state index < -0.39 is 5.82 Å². The summed E-state index contributed by atoms with van der Waals surface area (Å²) >= 11 is 5.83. The summed E-state index contributed by atoms with van der Waals surface area (Å²) in [6.45, 7) is 3.30. The van der Waals surface area contributed by atoms with Crippen LogP contribution in [0.3, 0.4) is 0 Å². The van der Waals surface area contributed by atoms with E-state index in [4.69, 9.17) is 11.6 Å². The molecule has 2 heterocycles. The van der Waals surface area contributed by atoms with Gasteiger partial charge < -0.3 is 9.69 Å². The zero-order chi connectivity index (χ0) is 16.6. The van der Waals surface area contributed by atoms with Crippen molar-refractivity contribution in [1.29, 1.82) is 5.26 Å². The second-order valence-corrected chi connectivity index (χ2v) is 6.31. The van der Waals surface area contributed by atoms with E-state index in [9.17, 15) is 14.4 Å². The molecule has 3 rings (SSSR count). The molecular weight excluding hydrogens is 317 g/mol. The van der Waals surface area contributed by atoms with Gasteiger partial charge in [-0.05, 0) is 24.5 Å². The number of hydrogen-bond acceptors (Lipinski definition) is 4. The molecule has 4 nitrogen and oxygen atoms in total. The quantitative estimate of drug-likeness (QED) is 0.789. The van der Waals surface area contributed by atoms with E-state index in [0.717, 1.165) is 12.7 Å². The van der Waals surface area contributed by atoms with Crippen molar-refractivity contribution >= 4 is 34.5 Å². The van der Waals surface area contributed by atoms with Gasteiger partial charge in [-0.15, -0.1) is 0 Å². The van der Waals surface area contributed by atoms with Gasteiger partial charge in [0.1, 0.15) is 17.9 Å². The Hall–Kier alpha value is -2.19. The molecule has 2 atom stereocenters. The van der Waals surface area contributed by atoms with Gasteiger partial charge in [-0.2, -0.15) is 5.26 Å². The number of aldehydes is 1. The van der Waals surface area contributed by atoms with Crippen LogP contribution >= 0.6 is 11.6 Å². The van der Waals surface area contributed by atoms with E-state index >= 15 is 0 Å². The van der Waals surface area contributed by atoms with Crippen LogP contribution in [0, 0.1) is 29.0 Å². The number of benzene rings is 1. The number of piperidine rings is 1. The van der Waals surface area contributed by atoms with E-state index in [2.05, 4.69) is 11.1 Å². The van der Waals surface area contributed by atoms with E-state index in [1.54, 1.807) is 6.07 Å². The highest BCUT2D eigenvalue weighted by Crippen LogP contribution is 2.35. The normalized spacial score (nSPS) is 21.2. The molecule has 2 aromatic rings. The van der Waals surface area contributed by atoms with Gasteiger partial charge in [0, 0.05) is 30.6 Å². The predicted molar refractivity (Wildman–Crippen MR) is 87.0 cm³/mol. The molecule has 1 aromatic heterocycles. The van der Waals surface area contributed by atoms with E-state index in [1.165, 1.54) is 12.3 Å². The number of hydrogen-bond donors (Lipinski definition) is 0. The van der Waals surface area contributed by atoms with Crippen LogP contribution in [-0.4, -0.2) is 24.4 Å². The smallest absolute Gasteiger partial charge is 0.168 e. The lowest BCUT2D eigenvalue weighted by Gasteiger charge is -2.37. The summed E-state index contributed by atoms with van der Waals surface area (Å²) in [6, 6.07) is 5.30. The van der Waals surface area contributed by atoms with Gasteiger partial charge in [0.2, 0.25) is 0 Å². The summed E-state index contributed by atoms with van der Waals surface area (Å²) in [5.74, 6) is -0.380. The Morgan fingerprint density at radius 1 is 1.52 bits per heavy atom. The first-order valence-electron chi connectivity index (χ1n) is 7.44. The Balaban J connectivity index is 2.14. The molecule has 1 aromatic carbocycles. The molecular formula is C17H15ClFN3O. The number of fused-ring (bicyclic) bond motifs is 1. The van der Waals surface area contributed by atoms with Crippen molar-refractivity contribution in [3.63, 3.8) is 0 Å². The van der Waals surface area contributed by atoms with Crippen LogP contribution in [0.1, 0.15) is 18.9 Å². The molecule has 0 radical (unpaired) electrons. The molecule has 0 aliphatic carbocycles. The van der Waals surface area contributed by atoms with Crippen molar-refractivity contribution in [3.05, 3.63) is 34.7 Å². The van der Waals surface area contributed by atoms with Gasteiger partial charge in [-0.3, -0.25) is 4.98 Å². The number of rotatable bonds is 2. The molecule has 0 N–H and O–H groups in total. The first kappa shape index (κ1) is 15.7. The number of aromatic nitrogens is 1. The van der Waals surface area contributed by atoms with Crippen LogP contribution in [0.25, 0.3) is 10.9 Å². The van der Waals surface area contributed by atoms with Gasteiger partial charge in [-0.25, -0.2) is 4.39 Å². The maximum Gasteiger partial charge on any atom is 0.168 e. The van der Waals surface area contributed by atoms with E-state index in [1.807, 2.05) is 11.8 Å². The number of pyridine rings is 1. The molecule has 0 spiro atoms.